The van der Waals surface area contributed by atoms with Gasteiger partial charge in [-0.25, -0.2) is 0 Å². The van der Waals surface area contributed by atoms with Gasteiger partial charge >= 0.3 is 0 Å². The minimum absolute atomic E-state index is 0.00717. The van der Waals surface area contributed by atoms with E-state index in [4.69, 9.17) is 4.74 Å². The molecule has 4 rings (SSSR count). The number of methoxy groups -OCH3 is 1. The van der Waals surface area contributed by atoms with Gasteiger partial charge in [-0.3, -0.25) is 14.4 Å². The van der Waals surface area contributed by atoms with Gasteiger partial charge in [-0.05, 0) is 19.1 Å². The molecular formula is C21H25N3O5. The lowest BCUT2D eigenvalue weighted by Gasteiger charge is -2.27. The van der Waals surface area contributed by atoms with Crippen molar-refractivity contribution in [3.63, 3.8) is 0 Å². The van der Waals surface area contributed by atoms with E-state index in [2.05, 4.69) is 4.98 Å². The number of fused-ring (bicyclic) bond motifs is 2. The fourth-order valence-electron chi connectivity index (χ4n) is 4.68. The van der Waals surface area contributed by atoms with Crippen molar-refractivity contribution >= 4 is 22.7 Å². The molecule has 8 heteroatoms. The number of ether oxygens (including phenoxy) is 1. The van der Waals surface area contributed by atoms with Gasteiger partial charge in [0.15, 0.2) is 0 Å². The number of carbonyl (C=O) groups excluding carboxylic acids is 2. The number of rotatable bonds is 4. The van der Waals surface area contributed by atoms with Gasteiger partial charge in [0.05, 0.1) is 12.2 Å². The SMILES string of the molecule is COCC(=O)N1CC2CN(C(=O)c3cc(=O)[nH]c4ccc(C)cc34)CC2(CO)C1. The van der Waals surface area contributed by atoms with Crippen LogP contribution in [0.3, 0.4) is 0 Å². The average Bonchev–Trinajstić information content (AvgIpc) is 3.22. The van der Waals surface area contributed by atoms with Crippen molar-refractivity contribution in [3.8, 4) is 0 Å². The lowest BCUT2D eigenvalue weighted by molar-refractivity contribution is -0.134. The number of amides is 2. The molecule has 2 saturated heterocycles. The average molecular weight is 399 g/mol. The molecule has 1 aromatic carbocycles. The number of benzene rings is 1. The Morgan fingerprint density at radius 3 is 2.66 bits per heavy atom. The first-order chi connectivity index (χ1) is 13.9. The van der Waals surface area contributed by atoms with E-state index in [1.807, 2.05) is 19.1 Å². The molecule has 2 aromatic rings. The molecule has 2 unspecified atom stereocenters. The molecule has 2 fully saturated rings. The number of aliphatic hydroxyl groups excluding tert-OH is 1. The number of aryl methyl sites for hydroxylation is 1. The Balaban J connectivity index is 1.62. The molecular weight excluding hydrogens is 374 g/mol. The minimum Gasteiger partial charge on any atom is -0.396 e. The largest absolute Gasteiger partial charge is 0.396 e. The zero-order chi connectivity index (χ0) is 20.8. The monoisotopic (exact) mass is 399 g/mol. The van der Waals surface area contributed by atoms with Gasteiger partial charge in [-0.1, -0.05) is 11.6 Å². The summed E-state index contributed by atoms with van der Waals surface area (Å²) in [7, 11) is 1.48. The second kappa shape index (κ2) is 7.27. The van der Waals surface area contributed by atoms with Crippen LogP contribution in [0.5, 0.6) is 0 Å². The van der Waals surface area contributed by atoms with Crippen molar-refractivity contribution < 1.29 is 19.4 Å². The number of pyridine rings is 1. The number of hydrogen-bond donors (Lipinski definition) is 2. The summed E-state index contributed by atoms with van der Waals surface area (Å²) in [5.41, 5.74) is 1.13. The van der Waals surface area contributed by atoms with Crippen molar-refractivity contribution in [2.45, 2.75) is 6.92 Å². The van der Waals surface area contributed by atoms with Crippen LogP contribution in [0.2, 0.25) is 0 Å². The van der Waals surface area contributed by atoms with Crippen molar-refractivity contribution in [3.05, 3.63) is 45.7 Å². The molecule has 3 heterocycles. The molecule has 0 aliphatic carbocycles. The predicted molar refractivity (Wildman–Crippen MR) is 107 cm³/mol. The van der Waals surface area contributed by atoms with Crippen molar-refractivity contribution in [2.24, 2.45) is 11.3 Å². The van der Waals surface area contributed by atoms with Crippen LogP contribution in [-0.2, 0) is 9.53 Å². The van der Waals surface area contributed by atoms with Crippen LogP contribution in [0.25, 0.3) is 10.9 Å². The third-order valence-corrected chi connectivity index (χ3v) is 6.21. The van der Waals surface area contributed by atoms with E-state index in [9.17, 15) is 19.5 Å². The van der Waals surface area contributed by atoms with Crippen molar-refractivity contribution in [1.82, 2.24) is 14.8 Å². The first kappa shape index (κ1) is 19.6. The standard InChI is InChI=1S/C21H25N3O5/c1-13-3-4-17-15(5-13)16(6-18(26)22-17)20(28)24-8-14-7-23(19(27)9-29-2)10-21(14,11-24)12-25/h3-6,14,25H,7-12H2,1-2H3,(H,22,26). The van der Waals surface area contributed by atoms with E-state index in [1.165, 1.54) is 13.2 Å². The maximum atomic E-state index is 13.3. The van der Waals surface area contributed by atoms with Crippen LogP contribution in [0, 0.1) is 18.3 Å². The number of hydrogen-bond acceptors (Lipinski definition) is 5. The number of likely N-dealkylation sites (tertiary alicyclic amines) is 2. The zero-order valence-electron chi connectivity index (χ0n) is 16.6. The van der Waals surface area contributed by atoms with Gasteiger partial charge in [0.1, 0.15) is 6.61 Å². The molecule has 0 radical (unpaired) electrons. The maximum absolute atomic E-state index is 13.3. The van der Waals surface area contributed by atoms with Gasteiger partial charge in [-0.2, -0.15) is 0 Å². The first-order valence-corrected chi connectivity index (χ1v) is 9.67. The fourth-order valence-corrected chi connectivity index (χ4v) is 4.68. The molecule has 0 saturated carbocycles. The van der Waals surface area contributed by atoms with Crippen molar-refractivity contribution in [2.75, 3.05) is 46.5 Å². The molecule has 2 N–H and O–H groups in total. The molecule has 29 heavy (non-hydrogen) atoms. The molecule has 0 bridgehead atoms. The Hall–Kier alpha value is -2.71. The second-order valence-electron chi connectivity index (χ2n) is 8.21. The Morgan fingerprint density at radius 2 is 1.97 bits per heavy atom. The second-order valence-corrected chi connectivity index (χ2v) is 8.21. The Kier molecular flexibility index (Phi) is 4.92. The summed E-state index contributed by atoms with van der Waals surface area (Å²) in [5, 5.41) is 10.8. The lowest BCUT2D eigenvalue weighted by Crippen LogP contribution is -2.41. The number of aromatic amines is 1. The van der Waals surface area contributed by atoms with Crippen molar-refractivity contribution in [1.29, 1.82) is 0 Å². The Labute approximate surface area is 168 Å². The molecule has 2 amide bonds. The van der Waals surface area contributed by atoms with Crippen LogP contribution in [0.4, 0.5) is 0 Å². The van der Waals surface area contributed by atoms with Gasteiger partial charge < -0.3 is 24.6 Å². The van der Waals surface area contributed by atoms with Crippen LogP contribution in [-0.4, -0.2) is 78.2 Å². The van der Waals surface area contributed by atoms with Crippen LogP contribution in [0.15, 0.2) is 29.1 Å². The van der Waals surface area contributed by atoms with E-state index in [0.29, 0.717) is 42.6 Å². The van der Waals surface area contributed by atoms with Crippen LogP contribution in [0.1, 0.15) is 15.9 Å². The summed E-state index contributed by atoms with van der Waals surface area (Å²) < 4.78 is 4.93. The summed E-state index contributed by atoms with van der Waals surface area (Å²) in [6.07, 6.45) is 0. The maximum Gasteiger partial charge on any atom is 0.254 e. The van der Waals surface area contributed by atoms with Gasteiger partial charge in [-0.15, -0.1) is 0 Å². The summed E-state index contributed by atoms with van der Waals surface area (Å²) in [6, 6.07) is 6.93. The predicted octanol–water partition coefficient (Wildman–Crippen LogP) is 0.376. The van der Waals surface area contributed by atoms with Gasteiger partial charge in [0.2, 0.25) is 11.5 Å². The molecule has 8 nitrogen and oxygen atoms in total. The normalized spacial score (nSPS) is 23.6. The molecule has 154 valence electrons. The van der Waals surface area contributed by atoms with E-state index in [0.717, 1.165) is 5.56 Å². The van der Waals surface area contributed by atoms with E-state index < -0.39 is 5.41 Å². The summed E-state index contributed by atoms with van der Waals surface area (Å²) in [6.45, 7) is 3.52. The van der Waals surface area contributed by atoms with E-state index >= 15 is 0 Å². The third-order valence-electron chi connectivity index (χ3n) is 6.21. The molecule has 2 aliphatic rings. The number of aromatic nitrogens is 1. The van der Waals surface area contributed by atoms with E-state index in [1.54, 1.807) is 15.9 Å². The summed E-state index contributed by atoms with van der Waals surface area (Å²) in [4.78, 5) is 43.8. The summed E-state index contributed by atoms with van der Waals surface area (Å²) in [5.74, 6) is -0.334. The highest BCUT2D eigenvalue weighted by molar-refractivity contribution is 6.06. The van der Waals surface area contributed by atoms with Crippen LogP contribution < -0.4 is 5.56 Å². The number of aliphatic hydroxyl groups is 1. The highest BCUT2D eigenvalue weighted by atomic mass is 16.5. The highest BCUT2D eigenvalue weighted by Gasteiger charge is 2.54. The smallest absolute Gasteiger partial charge is 0.254 e. The quantitative estimate of drug-likeness (QED) is 0.774. The Bertz CT molecular complexity index is 1030. The lowest BCUT2D eigenvalue weighted by atomic mass is 9.82. The molecule has 2 aliphatic heterocycles. The number of nitrogens with zero attached hydrogens (tertiary/aromatic N) is 2. The highest BCUT2D eigenvalue weighted by Crippen LogP contribution is 2.42. The fraction of sp³-hybridized carbons (Fsp3) is 0.476. The zero-order valence-corrected chi connectivity index (χ0v) is 16.6. The summed E-state index contributed by atoms with van der Waals surface area (Å²) >= 11 is 0. The number of H-pyrrole nitrogens is 1. The Morgan fingerprint density at radius 1 is 1.24 bits per heavy atom. The minimum atomic E-state index is -0.536. The first-order valence-electron chi connectivity index (χ1n) is 9.67. The molecule has 0 spiro atoms. The van der Waals surface area contributed by atoms with Gasteiger partial charge in [0.25, 0.3) is 5.91 Å². The third kappa shape index (κ3) is 3.32. The van der Waals surface area contributed by atoms with E-state index in [-0.39, 0.29) is 36.5 Å². The van der Waals surface area contributed by atoms with Crippen LogP contribution >= 0.6 is 0 Å². The number of carbonyl (C=O) groups is 2. The topological polar surface area (TPSA) is 103 Å². The number of nitrogens with one attached hydrogen (secondary N) is 1. The molecule has 1 aromatic heterocycles. The van der Waals surface area contributed by atoms with Gasteiger partial charge in [0, 0.05) is 61.6 Å². The molecule has 2 atom stereocenters.